The third-order valence-electron chi connectivity index (χ3n) is 4.23. The largest absolute Gasteiger partial charge is 0.330 e. The first-order valence-corrected chi connectivity index (χ1v) is 7.30. The molecule has 1 unspecified atom stereocenters. The van der Waals surface area contributed by atoms with Crippen molar-refractivity contribution in [3.8, 4) is 0 Å². The Morgan fingerprint density at radius 1 is 0.952 bits per heavy atom. The molecule has 0 amide bonds. The molecule has 0 fully saturated rings. The van der Waals surface area contributed by atoms with Crippen LogP contribution in [0.2, 0.25) is 0 Å². The van der Waals surface area contributed by atoms with Gasteiger partial charge < -0.3 is 5.73 Å². The van der Waals surface area contributed by atoms with Crippen LogP contribution in [0.4, 0.5) is 0 Å². The second-order valence-electron chi connectivity index (χ2n) is 5.82. The Bertz CT molecular complexity index is 731. The maximum Gasteiger partial charge on any atom is 0.0270 e. The second-order valence-corrected chi connectivity index (χ2v) is 5.82. The number of hydrogen-bond acceptors (Lipinski definition) is 2. The molecule has 2 N–H and O–H groups in total. The summed E-state index contributed by atoms with van der Waals surface area (Å²) in [4.78, 5) is 4.09. The second kappa shape index (κ2) is 5.66. The van der Waals surface area contributed by atoms with Gasteiger partial charge in [0.1, 0.15) is 0 Å². The van der Waals surface area contributed by atoms with E-state index in [4.69, 9.17) is 5.73 Å². The summed E-state index contributed by atoms with van der Waals surface area (Å²) in [5.41, 5.74) is 8.67. The summed E-state index contributed by atoms with van der Waals surface area (Å²) in [6.07, 6.45) is 4.60. The zero-order valence-corrected chi connectivity index (χ0v) is 12.3. The van der Waals surface area contributed by atoms with E-state index in [2.05, 4.69) is 66.5 Å². The fourth-order valence-corrected chi connectivity index (χ4v) is 2.98. The summed E-state index contributed by atoms with van der Waals surface area (Å²) >= 11 is 0. The average Bonchev–Trinajstić information content (AvgIpc) is 2.55. The lowest BCUT2D eigenvalue weighted by Gasteiger charge is -2.30. The fourth-order valence-electron chi connectivity index (χ4n) is 2.98. The number of benzene rings is 2. The summed E-state index contributed by atoms with van der Waals surface area (Å²) in [6.45, 7) is 2.86. The molecule has 2 nitrogen and oxygen atoms in total. The molecule has 0 saturated heterocycles. The van der Waals surface area contributed by atoms with Crippen molar-refractivity contribution in [2.75, 3.05) is 6.54 Å². The molecule has 1 aromatic heterocycles. The van der Waals surface area contributed by atoms with Crippen LogP contribution in [0.5, 0.6) is 0 Å². The Morgan fingerprint density at radius 2 is 1.67 bits per heavy atom. The van der Waals surface area contributed by atoms with Crippen LogP contribution >= 0.6 is 0 Å². The molecule has 3 aromatic rings. The van der Waals surface area contributed by atoms with E-state index < -0.39 is 0 Å². The van der Waals surface area contributed by atoms with Crippen molar-refractivity contribution in [3.05, 3.63) is 78.1 Å². The number of hydrogen-bond donors (Lipinski definition) is 1. The van der Waals surface area contributed by atoms with Crippen LogP contribution in [0.15, 0.2) is 67.0 Å². The third kappa shape index (κ3) is 2.67. The van der Waals surface area contributed by atoms with Gasteiger partial charge in [0, 0.05) is 24.4 Å². The van der Waals surface area contributed by atoms with E-state index >= 15 is 0 Å². The van der Waals surface area contributed by atoms with Crippen LogP contribution in [-0.2, 0) is 11.8 Å². The van der Waals surface area contributed by atoms with Crippen molar-refractivity contribution in [2.45, 2.75) is 18.8 Å². The Labute approximate surface area is 125 Å². The van der Waals surface area contributed by atoms with E-state index in [9.17, 15) is 0 Å². The van der Waals surface area contributed by atoms with E-state index in [1.54, 1.807) is 0 Å². The van der Waals surface area contributed by atoms with Crippen molar-refractivity contribution in [1.82, 2.24) is 4.98 Å². The minimum atomic E-state index is -0.0811. The minimum Gasteiger partial charge on any atom is -0.330 e. The highest BCUT2D eigenvalue weighted by Gasteiger charge is 2.27. The van der Waals surface area contributed by atoms with E-state index in [0.29, 0.717) is 6.54 Å². The predicted octanol–water partition coefficient (Wildman–Crippen LogP) is 3.69. The lowest BCUT2D eigenvalue weighted by Crippen LogP contribution is -2.34. The molecule has 0 bridgehead atoms. The van der Waals surface area contributed by atoms with E-state index in [1.807, 2.05) is 12.4 Å². The monoisotopic (exact) mass is 276 g/mol. The van der Waals surface area contributed by atoms with Crippen LogP contribution < -0.4 is 5.73 Å². The fraction of sp³-hybridized carbons (Fsp3) is 0.211. The van der Waals surface area contributed by atoms with Gasteiger partial charge in [0.15, 0.2) is 0 Å². The standard InChI is InChI=1S/C19H20N2/c1-19(14-20,13-15-9-11-21-12-10-15)18-8-4-6-16-5-2-3-7-17(16)18/h2-12H,13-14,20H2,1H3. The summed E-state index contributed by atoms with van der Waals surface area (Å²) in [6, 6.07) is 19.1. The molecular weight excluding hydrogens is 256 g/mol. The number of nitrogens with zero attached hydrogens (tertiary/aromatic N) is 1. The van der Waals surface area contributed by atoms with Gasteiger partial charge in [-0.15, -0.1) is 0 Å². The zero-order chi connectivity index (χ0) is 14.7. The molecule has 0 aliphatic rings. The Balaban J connectivity index is 2.09. The SMILES string of the molecule is CC(CN)(Cc1ccncc1)c1cccc2ccccc12. The minimum absolute atomic E-state index is 0.0811. The molecule has 0 aliphatic carbocycles. The number of pyridine rings is 1. The van der Waals surface area contributed by atoms with Crippen molar-refractivity contribution in [2.24, 2.45) is 5.73 Å². The number of rotatable bonds is 4. The van der Waals surface area contributed by atoms with Gasteiger partial charge in [-0.05, 0) is 40.5 Å². The van der Waals surface area contributed by atoms with Gasteiger partial charge in [-0.3, -0.25) is 4.98 Å². The summed E-state index contributed by atoms with van der Waals surface area (Å²) < 4.78 is 0. The quantitative estimate of drug-likeness (QED) is 0.789. The smallest absolute Gasteiger partial charge is 0.0270 e. The number of nitrogens with two attached hydrogens (primary N) is 1. The van der Waals surface area contributed by atoms with Gasteiger partial charge in [0.05, 0.1) is 0 Å². The summed E-state index contributed by atoms with van der Waals surface area (Å²) in [7, 11) is 0. The van der Waals surface area contributed by atoms with Crippen molar-refractivity contribution in [1.29, 1.82) is 0 Å². The maximum absolute atomic E-state index is 6.16. The highest BCUT2D eigenvalue weighted by atomic mass is 14.6. The topological polar surface area (TPSA) is 38.9 Å². The molecule has 0 saturated carbocycles. The Morgan fingerprint density at radius 3 is 2.43 bits per heavy atom. The summed E-state index contributed by atoms with van der Waals surface area (Å²) in [5.74, 6) is 0. The van der Waals surface area contributed by atoms with Crippen molar-refractivity contribution in [3.63, 3.8) is 0 Å². The van der Waals surface area contributed by atoms with Gasteiger partial charge >= 0.3 is 0 Å². The Hall–Kier alpha value is -2.19. The van der Waals surface area contributed by atoms with E-state index in [-0.39, 0.29) is 5.41 Å². The first-order chi connectivity index (χ1) is 10.2. The molecule has 1 heterocycles. The molecule has 106 valence electrons. The first kappa shape index (κ1) is 13.8. The van der Waals surface area contributed by atoms with Gasteiger partial charge in [-0.25, -0.2) is 0 Å². The number of aromatic nitrogens is 1. The van der Waals surface area contributed by atoms with Gasteiger partial charge in [-0.1, -0.05) is 49.4 Å². The van der Waals surface area contributed by atoms with Crippen molar-refractivity contribution >= 4 is 10.8 Å². The molecule has 0 aliphatic heterocycles. The maximum atomic E-state index is 6.16. The molecule has 2 heteroatoms. The van der Waals surface area contributed by atoms with Crippen LogP contribution in [0.25, 0.3) is 10.8 Å². The first-order valence-electron chi connectivity index (χ1n) is 7.30. The predicted molar refractivity (Wildman–Crippen MR) is 88.3 cm³/mol. The van der Waals surface area contributed by atoms with Gasteiger partial charge in [-0.2, -0.15) is 0 Å². The van der Waals surface area contributed by atoms with Crippen molar-refractivity contribution < 1.29 is 0 Å². The molecular formula is C19H20N2. The molecule has 21 heavy (non-hydrogen) atoms. The highest BCUT2D eigenvalue weighted by molar-refractivity contribution is 5.86. The lowest BCUT2D eigenvalue weighted by atomic mass is 9.75. The Kier molecular flexibility index (Phi) is 3.72. The number of fused-ring (bicyclic) bond motifs is 1. The summed E-state index contributed by atoms with van der Waals surface area (Å²) in [5, 5.41) is 2.56. The van der Waals surface area contributed by atoms with Crippen LogP contribution in [0, 0.1) is 0 Å². The zero-order valence-electron chi connectivity index (χ0n) is 12.3. The van der Waals surface area contributed by atoms with Crippen LogP contribution in [0.1, 0.15) is 18.1 Å². The van der Waals surface area contributed by atoms with Crippen LogP contribution in [-0.4, -0.2) is 11.5 Å². The molecule has 2 aromatic carbocycles. The highest BCUT2D eigenvalue weighted by Crippen LogP contribution is 2.32. The van der Waals surface area contributed by atoms with Gasteiger partial charge in [0.25, 0.3) is 0 Å². The van der Waals surface area contributed by atoms with E-state index in [0.717, 1.165) is 6.42 Å². The molecule has 0 spiro atoms. The molecule has 0 radical (unpaired) electrons. The lowest BCUT2D eigenvalue weighted by molar-refractivity contribution is 0.485. The molecule has 3 rings (SSSR count). The molecule has 1 atom stereocenters. The van der Waals surface area contributed by atoms with Gasteiger partial charge in [0.2, 0.25) is 0 Å². The van der Waals surface area contributed by atoms with Crippen LogP contribution in [0.3, 0.4) is 0 Å². The third-order valence-corrected chi connectivity index (χ3v) is 4.23. The van der Waals surface area contributed by atoms with E-state index in [1.165, 1.54) is 21.9 Å². The normalized spacial score (nSPS) is 14.0. The average molecular weight is 276 g/mol.